The molecule has 5 saturated heterocycles. The molecule has 556 valence electrons. The van der Waals surface area contributed by atoms with Crippen LogP contribution < -0.4 is 45.4 Å². The predicted molar refractivity (Wildman–Crippen MR) is 338 cm³/mol. The Morgan fingerprint density at radius 1 is 0.524 bits per heavy atom. The molecule has 49 nitrogen and oxygen atoms in total. The van der Waals surface area contributed by atoms with E-state index in [9.17, 15) is 71.6 Å². The standard InChI is InChI=1S/C49H61N20O29P5/c1-20-9-66(49(74)64-45(20)71)34-6-23(28(92-34)12-87-101(79,80)95-22-5-33(91-27(22)10-85-99(75)76)65-3-2-31(50)61-48(65)73)96-102(81,82)88-13-29-24(7-35(93-29)68-18-59-38-41(52)55-16-57-43(38)68)98-103(83,84)89-14-30-25(8-36(94-30)69-19-60-39-44(69)62-47(53)63-46(39)72)97-100(77,78)86-11-26-21(70)4-32(90-26)67-17-58-37-40(51)54-15-56-42(37)67/h2-3,9,15-19,21-30,32-36,70H,4-8,10-14H2,1H3,(H14-,50,51,52,53,54,55,56,57,61,62,63,64,71,72,73,74,75,76,77,78,79,80,81,82,83,84)/p+1/t21-,22-,23-,24-,25-,26+,27+,28+,29+,30+,32+,33+,34+,35+,36+/m0/s1. The number of ether oxygens (including phenoxy) is 5. The van der Waals surface area contributed by atoms with Crippen molar-refractivity contribution in [3.05, 3.63) is 97.3 Å². The highest BCUT2D eigenvalue weighted by Gasteiger charge is 2.50. The maximum Gasteiger partial charge on any atom is 0.694 e. The Hall–Kier alpha value is -7.57. The first kappa shape index (κ1) is 73.7. The zero-order valence-corrected chi connectivity index (χ0v) is 57.2. The summed E-state index contributed by atoms with van der Waals surface area (Å²) < 4.78 is 153. The van der Waals surface area contributed by atoms with Gasteiger partial charge in [0.2, 0.25) is 5.95 Å². The zero-order chi connectivity index (χ0) is 73.2. The number of nitrogens with zero attached hydrogens (tertiary/aromatic N) is 14. The lowest BCUT2D eigenvalue weighted by Gasteiger charge is -2.25. The van der Waals surface area contributed by atoms with Gasteiger partial charge in [-0.1, -0.05) is 0 Å². The minimum Gasteiger partial charge on any atom is -0.390 e. The lowest BCUT2D eigenvalue weighted by Crippen LogP contribution is -2.33. The van der Waals surface area contributed by atoms with Crippen LogP contribution >= 0.6 is 39.5 Å². The van der Waals surface area contributed by atoms with Crippen LogP contribution in [0.1, 0.15) is 68.8 Å². The van der Waals surface area contributed by atoms with Crippen LogP contribution in [0.4, 0.5) is 23.4 Å². The molecule has 0 aromatic carbocycles. The molecule has 103 heavy (non-hydrogen) atoms. The number of imidazole rings is 3. The maximum atomic E-state index is 14.3. The van der Waals surface area contributed by atoms with Gasteiger partial charge in [-0.05, 0) is 13.0 Å². The van der Waals surface area contributed by atoms with Crippen molar-refractivity contribution in [2.24, 2.45) is 0 Å². The van der Waals surface area contributed by atoms with E-state index in [4.69, 9.17) is 87.3 Å². The van der Waals surface area contributed by atoms with Crippen LogP contribution in [0.3, 0.4) is 0 Å². The Kier molecular flexibility index (Phi) is 21.0. The molecule has 54 heteroatoms. The zero-order valence-electron chi connectivity index (χ0n) is 52.7. The summed E-state index contributed by atoms with van der Waals surface area (Å²) in [4.78, 5) is 147. The van der Waals surface area contributed by atoms with Gasteiger partial charge in [0.15, 0.2) is 34.1 Å². The van der Waals surface area contributed by atoms with Gasteiger partial charge in [0, 0.05) is 54.6 Å². The van der Waals surface area contributed by atoms with Gasteiger partial charge in [0.1, 0.15) is 122 Å². The van der Waals surface area contributed by atoms with Gasteiger partial charge in [-0.3, -0.25) is 78.6 Å². The molecule has 0 bridgehead atoms. The summed E-state index contributed by atoms with van der Waals surface area (Å²) in [7, 11) is -24.9. The molecule has 8 aromatic rings. The van der Waals surface area contributed by atoms with Gasteiger partial charge in [-0.25, -0.2) is 62.7 Å². The number of nitrogen functional groups attached to an aromatic ring is 4. The number of aliphatic hydroxyl groups is 1. The van der Waals surface area contributed by atoms with Crippen molar-refractivity contribution < 1.29 is 117 Å². The van der Waals surface area contributed by atoms with Gasteiger partial charge < -0.3 is 71.3 Å². The summed E-state index contributed by atoms with van der Waals surface area (Å²) in [6.07, 6.45) is -15.1. The number of hydrogen-bond acceptors (Lipinski definition) is 37. The summed E-state index contributed by atoms with van der Waals surface area (Å²) in [5, 5.41) is 11.0. The first-order chi connectivity index (χ1) is 48.8. The second kappa shape index (κ2) is 29.4. The van der Waals surface area contributed by atoms with Crippen LogP contribution in [0, 0.1) is 6.92 Å². The number of aryl methyl sites for hydroxylation is 1. The third-order valence-corrected chi connectivity index (χ3v) is 21.2. The molecule has 5 aliphatic rings. The van der Waals surface area contributed by atoms with Gasteiger partial charge in [-0.2, -0.15) is 9.97 Å². The lowest BCUT2D eigenvalue weighted by molar-refractivity contribution is -0.0635. The topological polar surface area (TPSA) is 681 Å². The molecule has 5 fully saturated rings. The fraction of sp³-hybridized carbons (Fsp3) is 0.531. The molecule has 0 saturated carbocycles. The average molecular weight is 1550 g/mol. The number of nitrogens with two attached hydrogens (primary N) is 4. The maximum absolute atomic E-state index is 14.3. The van der Waals surface area contributed by atoms with Crippen molar-refractivity contribution in [3.63, 3.8) is 0 Å². The number of phosphoric ester groups is 4. The third kappa shape index (κ3) is 16.5. The summed E-state index contributed by atoms with van der Waals surface area (Å²) in [6, 6.07) is 1.25. The fourth-order valence-corrected chi connectivity index (χ4v) is 16.1. The number of rotatable bonds is 28. The Morgan fingerprint density at radius 2 is 0.932 bits per heavy atom. The van der Waals surface area contributed by atoms with Crippen molar-refractivity contribution in [3.8, 4) is 0 Å². The van der Waals surface area contributed by atoms with Crippen LogP contribution in [-0.2, 0) is 87.2 Å². The molecule has 0 radical (unpaired) electrons. The SMILES string of the molecule is Cc1cn([C@H]2C[C@H](OP(=O)(O)OC[C@H]3O[C@@H](n4cnc5c(N)ncnc54)C[C@@H]3OP(=O)(O)OC[C@H]3O[C@@H](n4cnc5c(=O)[nH]c(N)nc54)C[C@@H]3OP(=O)(O)OC[C@H]3O[C@@H](n4cnc5c(N)ncnc54)C[C@@H]3O)[C@@H](COP(=O)(O)O[C@H]3C[C@H](n4ccc(N)nc4=O)O[C@@H]3CO[P+](=O)O)O2)c(=O)[nH]c1=O. The number of nitrogens with one attached hydrogen (secondary N) is 2. The number of aliphatic hydroxyl groups excluding tert-OH is 1. The highest BCUT2D eigenvalue weighted by molar-refractivity contribution is 7.48. The first-order valence-corrected chi connectivity index (χ1v) is 37.6. The number of hydrogen-bond donors (Lipinski definition) is 12. The fourth-order valence-electron chi connectivity index (χ4n) is 11.9. The van der Waals surface area contributed by atoms with E-state index in [1.807, 2.05) is 0 Å². The number of aromatic amines is 2. The van der Waals surface area contributed by atoms with Gasteiger partial charge >= 0.3 is 50.9 Å². The Morgan fingerprint density at radius 3 is 1.40 bits per heavy atom. The van der Waals surface area contributed by atoms with E-state index in [1.54, 1.807) is 0 Å². The monoisotopic (exact) mass is 1550 g/mol. The number of anilines is 4. The van der Waals surface area contributed by atoms with Crippen molar-refractivity contribution in [1.82, 2.24) is 77.7 Å². The van der Waals surface area contributed by atoms with E-state index < -0.39 is 207 Å². The number of fused-ring (bicyclic) bond motifs is 3. The van der Waals surface area contributed by atoms with Gasteiger partial charge in [0.05, 0.1) is 51.5 Å². The Bertz CT molecular complexity index is 4980. The number of aromatic nitrogens is 16. The Labute approximate surface area is 573 Å². The van der Waals surface area contributed by atoms with Crippen LogP contribution in [0.2, 0.25) is 0 Å². The van der Waals surface area contributed by atoms with Crippen molar-refractivity contribution in [1.29, 1.82) is 0 Å². The summed E-state index contributed by atoms with van der Waals surface area (Å²) >= 11 is 0. The molecular formula is C49H62N20O29P5+. The molecule has 13 rings (SSSR count). The Balaban J connectivity index is 0.707. The average Bonchev–Trinajstić information content (AvgIpc) is 1.64. The molecule has 5 unspecified atom stereocenters. The third-order valence-electron chi connectivity index (χ3n) is 16.7. The molecule has 0 amide bonds. The number of H-pyrrole nitrogens is 2. The molecule has 5 aliphatic heterocycles. The van der Waals surface area contributed by atoms with Crippen molar-refractivity contribution in [2.45, 2.75) is 131 Å². The smallest absolute Gasteiger partial charge is 0.390 e. The molecule has 13 heterocycles. The van der Waals surface area contributed by atoms with Crippen LogP contribution in [0.15, 0.2) is 69.3 Å². The van der Waals surface area contributed by atoms with E-state index in [0.29, 0.717) is 0 Å². The van der Waals surface area contributed by atoms with E-state index in [1.165, 1.54) is 51.9 Å². The molecule has 20 atom stereocenters. The van der Waals surface area contributed by atoms with Crippen LogP contribution in [-0.4, -0.2) is 201 Å². The largest absolute Gasteiger partial charge is 0.694 e. The summed E-state index contributed by atoms with van der Waals surface area (Å²) in [5.74, 6) is -0.453. The van der Waals surface area contributed by atoms with Crippen molar-refractivity contribution in [2.75, 3.05) is 56.0 Å². The van der Waals surface area contributed by atoms with E-state index in [0.717, 1.165) is 28.0 Å². The summed E-state index contributed by atoms with van der Waals surface area (Å²) in [6.45, 7) is -3.19. The van der Waals surface area contributed by atoms with Crippen molar-refractivity contribution >= 4 is 96.4 Å². The normalized spacial score (nSPS) is 29.2. The molecule has 8 aromatic heterocycles. The molecule has 16 N–H and O–H groups in total. The van der Waals surface area contributed by atoms with E-state index >= 15 is 0 Å². The van der Waals surface area contributed by atoms with Gasteiger partial charge in [-0.15, -0.1) is 9.42 Å². The molecule has 0 spiro atoms. The van der Waals surface area contributed by atoms with E-state index in [-0.39, 0.29) is 75.3 Å². The quantitative estimate of drug-likeness (QED) is 0.0254. The molecule has 0 aliphatic carbocycles. The highest BCUT2D eigenvalue weighted by atomic mass is 31.2. The van der Waals surface area contributed by atoms with Crippen LogP contribution in [0.5, 0.6) is 0 Å². The second-order valence-corrected chi connectivity index (χ2v) is 29.9. The van der Waals surface area contributed by atoms with Crippen LogP contribution in [0.25, 0.3) is 33.5 Å². The highest BCUT2D eigenvalue weighted by Crippen LogP contribution is 2.55. The van der Waals surface area contributed by atoms with E-state index in [2.05, 4.69) is 54.8 Å². The predicted octanol–water partition coefficient (Wildman–Crippen LogP) is -1.28. The molecular weight excluding hydrogens is 1490 g/mol. The number of phosphoric acid groups is 4. The minimum atomic E-state index is -5.54. The second-order valence-electron chi connectivity index (χ2n) is 23.5. The lowest BCUT2D eigenvalue weighted by atomic mass is 10.2. The first-order valence-electron chi connectivity index (χ1n) is 30.4. The summed E-state index contributed by atoms with van der Waals surface area (Å²) in [5.41, 5.74) is 20.4. The minimum absolute atomic E-state index is 0.00215. The van der Waals surface area contributed by atoms with Gasteiger partial charge in [0.25, 0.3) is 11.1 Å².